The van der Waals surface area contributed by atoms with Gasteiger partial charge in [-0.1, -0.05) is 42.5 Å². The predicted octanol–water partition coefficient (Wildman–Crippen LogP) is 2.40. The van der Waals surface area contributed by atoms with Crippen LogP contribution in [0.25, 0.3) is 10.8 Å². The fraction of sp³-hybridized carbons (Fsp3) is 0.261. The van der Waals surface area contributed by atoms with Crippen LogP contribution in [0.4, 0.5) is 0 Å². The van der Waals surface area contributed by atoms with Crippen LogP contribution in [-0.2, 0) is 16.1 Å². The van der Waals surface area contributed by atoms with E-state index in [9.17, 15) is 9.59 Å². The molecule has 2 unspecified atom stereocenters. The minimum atomic E-state index is -0.374. The number of amides is 2. The fourth-order valence-corrected chi connectivity index (χ4v) is 3.78. The number of hydrogen-bond acceptors (Lipinski definition) is 4. The molecular weight excluding hydrogens is 364 g/mol. The zero-order chi connectivity index (χ0) is 20.2. The summed E-state index contributed by atoms with van der Waals surface area (Å²) in [5.41, 5.74) is 7.74. The van der Waals surface area contributed by atoms with E-state index in [1.165, 1.54) is 0 Å². The summed E-state index contributed by atoms with van der Waals surface area (Å²) < 4.78 is 0. The number of hydrogen-bond donors (Lipinski definition) is 2. The van der Waals surface area contributed by atoms with Crippen LogP contribution >= 0.6 is 0 Å². The van der Waals surface area contributed by atoms with Gasteiger partial charge in [0.25, 0.3) is 0 Å². The van der Waals surface area contributed by atoms with Crippen LogP contribution in [0.5, 0.6) is 0 Å². The lowest BCUT2D eigenvalue weighted by Gasteiger charge is -2.20. The molecule has 1 aliphatic heterocycles. The summed E-state index contributed by atoms with van der Waals surface area (Å²) >= 11 is 0. The number of benzene rings is 2. The first kappa shape index (κ1) is 19.1. The highest BCUT2D eigenvalue weighted by Gasteiger charge is 2.35. The van der Waals surface area contributed by atoms with Crippen molar-refractivity contribution in [2.24, 2.45) is 11.7 Å². The Hall–Kier alpha value is -3.25. The molecule has 0 bridgehead atoms. The normalized spacial score (nSPS) is 17.5. The number of fused-ring (bicyclic) bond motifs is 1. The average molecular weight is 388 g/mol. The zero-order valence-electron chi connectivity index (χ0n) is 16.1. The molecule has 3 N–H and O–H groups in total. The Morgan fingerprint density at radius 2 is 1.93 bits per heavy atom. The molecule has 0 spiro atoms. The van der Waals surface area contributed by atoms with Gasteiger partial charge in [-0.15, -0.1) is 0 Å². The highest BCUT2D eigenvalue weighted by molar-refractivity contribution is 5.89. The SMILES string of the molecule is NCC(NC(=O)C1CC(=O)N(Cc2ccccn2)C1)c1ccc2ccccc2c1. The lowest BCUT2D eigenvalue weighted by atomic mass is 10.0. The summed E-state index contributed by atoms with van der Waals surface area (Å²) in [6.45, 7) is 1.12. The van der Waals surface area contributed by atoms with Gasteiger partial charge in [-0.25, -0.2) is 0 Å². The summed E-state index contributed by atoms with van der Waals surface area (Å²) in [6.07, 6.45) is 1.92. The summed E-state index contributed by atoms with van der Waals surface area (Å²) in [5.74, 6) is -0.531. The summed E-state index contributed by atoms with van der Waals surface area (Å²) in [5, 5.41) is 5.29. The van der Waals surface area contributed by atoms with Gasteiger partial charge in [-0.05, 0) is 34.5 Å². The van der Waals surface area contributed by atoms with Crippen LogP contribution in [-0.4, -0.2) is 34.8 Å². The van der Waals surface area contributed by atoms with Gasteiger partial charge in [0, 0.05) is 25.7 Å². The van der Waals surface area contributed by atoms with E-state index in [0.717, 1.165) is 22.0 Å². The van der Waals surface area contributed by atoms with Crippen molar-refractivity contribution in [1.82, 2.24) is 15.2 Å². The third kappa shape index (κ3) is 4.27. The van der Waals surface area contributed by atoms with Gasteiger partial charge >= 0.3 is 0 Å². The van der Waals surface area contributed by atoms with Crippen molar-refractivity contribution >= 4 is 22.6 Å². The van der Waals surface area contributed by atoms with Crippen LogP contribution in [0.3, 0.4) is 0 Å². The minimum absolute atomic E-state index is 0.0224. The van der Waals surface area contributed by atoms with Crippen molar-refractivity contribution in [2.75, 3.05) is 13.1 Å². The van der Waals surface area contributed by atoms with Crippen LogP contribution in [0, 0.1) is 5.92 Å². The van der Waals surface area contributed by atoms with E-state index in [1.807, 2.05) is 48.5 Å². The molecule has 0 saturated carbocycles. The summed E-state index contributed by atoms with van der Waals surface area (Å²) in [7, 11) is 0. The topological polar surface area (TPSA) is 88.3 Å². The number of nitrogens with two attached hydrogens (primary N) is 1. The van der Waals surface area contributed by atoms with E-state index in [4.69, 9.17) is 5.73 Å². The Morgan fingerprint density at radius 3 is 2.69 bits per heavy atom. The number of nitrogens with one attached hydrogen (secondary N) is 1. The van der Waals surface area contributed by atoms with Crippen LogP contribution in [0.2, 0.25) is 0 Å². The van der Waals surface area contributed by atoms with Gasteiger partial charge in [0.2, 0.25) is 11.8 Å². The number of carbonyl (C=O) groups excluding carboxylic acids is 2. The van der Waals surface area contributed by atoms with Crippen molar-refractivity contribution in [3.05, 3.63) is 78.1 Å². The van der Waals surface area contributed by atoms with Gasteiger partial charge in [-0.2, -0.15) is 0 Å². The molecule has 2 amide bonds. The molecule has 1 fully saturated rings. The van der Waals surface area contributed by atoms with Crippen LogP contribution < -0.4 is 11.1 Å². The molecule has 29 heavy (non-hydrogen) atoms. The molecule has 6 nitrogen and oxygen atoms in total. The monoisotopic (exact) mass is 388 g/mol. The van der Waals surface area contributed by atoms with Crippen molar-refractivity contribution < 1.29 is 9.59 Å². The first-order chi connectivity index (χ1) is 14.1. The first-order valence-electron chi connectivity index (χ1n) is 9.81. The van der Waals surface area contributed by atoms with Crippen molar-refractivity contribution in [3.8, 4) is 0 Å². The van der Waals surface area contributed by atoms with Crippen LogP contribution in [0.15, 0.2) is 66.9 Å². The molecule has 2 heterocycles. The second-order valence-corrected chi connectivity index (χ2v) is 7.40. The standard InChI is InChI=1S/C23H24N4O2/c24-13-21(18-9-8-16-5-1-2-6-17(16)11-18)26-23(29)19-12-22(28)27(14-19)15-20-7-3-4-10-25-20/h1-11,19,21H,12-15,24H2,(H,26,29). The van der Waals surface area contributed by atoms with Crippen molar-refractivity contribution in [2.45, 2.75) is 19.0 Å². The van der Waals surface area contributed by atoms with E-state index in [-0.39, 0.29) is 30.2 Å². The first-order valence-corrected chi connectivity index (χ1v) is 9.81. The molecular formula is C23H24N4O2. The van der Waals surface area contributed by atoms with Crippen LogP contribution in [0.1, 0.15) is 23.7 Å². The van der Waals surface area contributed by atoms with Gasteiger partial charge in [0.15, 0.2) is 0 Å². The minimum Gasteiger partial charge on any atom is -0.348 e. The Balaban J connectivity index is 1.42. The highest BCUT2D eigenvalue weighted by atomic mass is 16.2. The highest BCUT2D eigenvalue weighted by Crippen LogP contribution is 2.23. The number of nitrogens with zero attached hydrogens (tertiary/aromatic N) is 2. The van der Waals surface area contributed by atoms with E-state index in [1.54, 1.807) is 11.1 Å². The van der Waals surface area contributed by atoms with Gasteiger partial charge < -0.3 is 16.0 Å². The maximum Gasteiger partial charge on any atom is 0.225 e. The third-order valence-corrected chi connectivity index (χ3v) is 5.39. The molecule has 1 saturated heterocycles. The number of rotatable bonds is 6. The number of likely N-dealkylation sites (tertiary alicyclic amines) is 1. The molecule has 2 aromatic carbocycles. The van der Waals surface area contributed by atoms with E-state index < -0.39 is 0 Å². The fourth-order valence-electron chi connectivity index (χ4n) is 3.78. The molecule has 1 aliphatic rings. The average Bonchev–Trinajstić information content (AvgIpc) is 3.12. The Kier molecular flexibility index (Phi) is 5.53. The Bertz CT molecular complexity index is 1020. The molecule has 148 valence electrons. The maximum absolute atomic E-state index is 12.8. The quantitative estimate of drug-likeness (QED) is 0.679. The number of aromatic nitrogens is 1. The lowest BCUT2D eigenvalue weighted by molar-refractivity contribution is -0.129. The molecule has 1 aromatic heterocycles. The summed E-state index contributed by atoms with van der Waals surface area (Å²) in [4.78, 5) is 31.1. The van der Waals surface area contributed by atoms with E-state index in [0.29, 0.717) is 19.6 Å². The summed E-state index contributed by atoms with van der Waals surface area (Å²) in [6, 6.07) is 19.5. The van der Waals surface area contributed by atoms with E-state index >= 15 is 0 Å². The molecule has 3 aromatic rings. The van der Waals surface area contributed by atoms with Gasteiger partial charge in [0.05, 0.1) is 24.2 Å². The molecule has 4 rings (SSSR count). The molecule has 2 atom stereocenters. The molecule has 6 heteroatoms. The van der Waals surface area contributed by atoms with Crippen molar-refractivity contribution in [3.63, 3.8) is 0 Å². The Morgan fingerprint density at radius 1 is 1.14 bits per heavy atom. The lowest BCUT2D eigenvalue weighted by Crippen LogP contribution is -2.38. The smallest absolute Gasteiger partial charge is 0.225 e. The van der Waals surface area contributed by atoms with Gasteiger partial charge in [0.1, 0.15) is 0 Å². The Labute approximate surface area is 169 Å². The maximum atomic E-state index is 12.8. The number of pyridine rings is 1. The van der Waals surface area contributed by atoms with E-state index in [2.05, 4.69) is 22.4 Å². The van der Waals surface area contributed by atoms with Crippen molar-refractivity contribution in [1.29, 1.82) is 0 Å². The second kappa shape index (κ2) is 8.41. The molecule has 0 aliphatic carbocycles. The van der Waals surface area contributed by atoms with Gasteiger partial charge in [-0.3, -0.25) is 14.6 Å². The zero-order valence-corrected chi connectivity index (χ0v) is 16.1. The second-order valence-electron chi connectivity index (χ2n) is 7.40. The third-order valence-electron chi connectivity index (χ3n) is 5.39. The predicted molar refractivity (Wildman–Crippen MR) is 112 cm³/mol. The number of carbonyl (C=O) groups is 2. The largest absolute Gasteiger partial charge is 0.348 e. The molecule has 0 radical (unpaired) electrons.